The number of benzene rings is 2. The number of amides is 2. The number of anilines is 2. The number of nitrogens with one attached hydrogen (secondary N) is 1. The van der Waals surface area contributed by atoms with Crippen molar-refractivity contribution in [3.05, 3.63) is 42.5 Å². The number of ether oxygens (including phenoxy) is 4. The number of carbonyl (C=O) groups excluding carboxylic acids is 3. The van der Waals surface area contributed by atoms with Crippen molar-refractivity contribution in [3.8, 4) is 17.2 Å². The standard InChI is InChI=1S/C23H26N2O7/c1-4-31-17-7-5-16(6-8-17)24-21(26)14-32-23(28)15-11-22(27)25(13-15)19-10-9-18(29-2)12-20(19)30-3/h5-10,12,15H,4,11,13-14H2,1-3H3,(H,24,26)/t15-/m1/s1. The summed E-state index contributed by atoms with van der Waals surface area (Å²) < 4.78 is 21.0. The first kappa shape index (κ1) is 22.9. The Morgan fingerprint density at radius 1 is 1.06 bits per heavy atom. The first-order valence-corrected chi connectivity index (χ1v) is 10.2. The number of nitrogens with zero attached hydrogens (tertiary/aromatic N) is 1. The van der Waals surface area contributed by atoms with Crippen LogP contribution in [0.4, 0.5) is 11.4 Å². The summed E-state index contributed by atoms with van der Waals surface area (Å²) in [6, 6.07) is 11.9. The van der Waals surface area contributed by atoms with Crippen LogP contribution in [0.5, 0.6) is 17.2 Å². The molecule has 3 rings (SSSR count). The number of methoxy groups -OCH3 is 2. The van der Waals surface area contributed by atoms with E-state index in [0.717, 1.165) is 0 Å². The third-order valence-electron chi connectivity index (χ3n) is 4.93. The van der Waals surface area contributed by atoms with E-state index in [4.69, 9.17) is 18.9 Å². The molecule has 1 aliphatic heterocycles. The van der Waals surface area contributed by atoms with Gasteiger partial charge < -0.3 is 29.2 Å². The van der Waals surface area contributed by atoms with E-state index in [-0.39, 0.29) is 18.9 Å². The van der Waals surface area contributed by atoms with E-state index < -0.39 is 24.4 Å². The van der Waals surface area contributed by atoms with Gasteiger partial charge in [-0.1, -0.05) is 0 Å². The van der Waals surface area contributed by atoms with Crippen molar-refractivity contribution in [2.24, 2.45) is 5.92 Å². The molecule has 1 aliphatic rings. The molecule has 32 heavy (non-hydrogen) atoms. The minimum atomic E-state index is -0.674. The summed E-state index contributed by atoms with van der Waals surface area (Å²) in [5, 5.41) is 2.65. The molecular formula is C23H26N2O7. The van der Waals surface area contributed by atoms with Gasteiger partial charge in [-0.25, -0.2) is 0 Å². The highest BCUT2D eigenvalue weighted by Crippen LogP contribution is 2.36. The largest absolute Gasteiger partial charge is 0.497 e. The van der Waals surface area contributed by atoms with Crippen molar-refractivity contribution in [3.63, 3.8) is 0 Å². The number of rotatable bonds is 9. The molecule has 1 saturated heterocycles. The average molecular weight is 442 g/mol. The molecule has 0 radical (unpaired) electrons. The van der Waals surface area contributed by atoms with E-state index in [1.807, 2.05) is 6.92 Å². The van der Waals surface area contributed by atoms with Crippen LogP contribution in [0, 0.1) is 5.92 Å². The third kappa shape index (κ3) is 5.48. The highest BCUT2D eigenvalue weighted by molar-refractivity contribution is 6.01. The molecule has 9 heteroatoms. The Balaban J connectivity index is 1.54. The van der Waals surface area contributed by atoms with Gasteiger partial charge in [0.05, 0.1) is 32.4 Å². The van der Waals surface area contributed by atoms with E-state index in [2.05, 4.69) is 5.32 Å². The van der Waals surface area contributed by atoms with Crippen LogP contribution in [0.2, 0.25) is 0 Å². The molecule has 1 atom stereocenters. The number of hydrogen-bond donors (Lipinski definition) is 1. The second-order valence-electron chi connectivity index (χ2n) is 7.06. The molecule has 0 spiro atoms. The Labute approximate surface area is 186 Å². The van der Waals surface area contributed by atoms with Crippen molar-refractivity contribution < 1.29 is 33.3 Å². The van der Waals surface area contributed by atoms with Crippen molar-refractivity contribution in [2.45, 2.75) is 13.3 Å². The fraction of sp³-hybridized carbons (Fsp3) is 0.348. The average Bonchev–Trinajstić information content (AvgIpc) is 3.19. The Bertz CT molecular complexity index is 975. The van der Waals surface area contributed by atoms with Crippen LogP contribution in [0.1, 0.15) is 13.3 Å². The second-order valence-corrected chi connectivity index (χ2v) is 7.06. The summed E-state index contributed by atoms with van der Waals surface area (Å²) in [7, 11) is 3.03. The van der Waals surface area contributed by atoms with Crippen LogP contribution in [-0.4, -0.2) is 51.8 Å². The van der Waals surface area contributed by atoms with Crippen molar-refractivity contribution in [2.75, 3.05) is 44.2 Å². The van der Waals surface area contributed by atoms with Gasteiger partial charge in [0.1, 0.15) is 17.2 Å². The van der Waals surface area contributed by atoms with Crippen LogP contribution in [0.25, 0.3) is 0 Å². The van der Waals surface area contributed by atoms with Crippen molar-refractivity contribution in [1.29, 1.82) is 0 Å². The summed E-state index contributed by atoms with van der Waals surface area (Å²) in [6.07, 6.45) is -0.00543. The minimum absolute atomic E-state index is 0.00543. The molecule has 1 heterocycles. The molecule has 2 aromatic carbocycles. The summed E-state index contributed by atoms with van der Waals surface area (Å²) in [6.45, 7) is 2.13. The number of hydrogen-bond acceptors (Lipinski definition) is 7. The van der Waals surface area contributed by atoms with Crippen LogP contribution >= 0.6 is 0 Å². The summed E-state index contributed by atoms with van der Waals surface area (Å²) in [5.41, 5.74) is 1.10. The second kappa shape index (κ2) is 10.5. The monoisotopic (exact) mass is 442 g/mol. The van der Waals surface area contributed by atoms with E-state index in [9.17, 15) is 14.4 Å². The molecular weight excluding hydrogens is 416 g/mol. The van der Waals surface area contributed by atoms with Gasteiger partial charge in [0.2, 0.25) is 5.91 Å². The summed E-state index contributed by atoms with van der Waals surface area (Å²) in [5.74, 6) is -0.230. The molecule has 9 nitrogen and oxygen atoms in total. The molecule has 0 bridgehead atoms. The van der Waals surface area contributed by atoms with Crippen LogP contribution in [-0.2, 0) is 19.1 Å². The Morgan fingerprint density at radius 2 is 1.78 bits per heavy atom. The SMILES string of the molecule is CCOc1ccc(NC(=O)COC(=O)[C@@H]2CC(=O)N(c3ccc(OC)cc3OC)C2)cc1. The first-order valence-electron chi connectivity index (χ1n) is 10.2. The first-order chi connectivity index (χ1) is 15.4. The highest BCUT2D eigenvalue weighted by Gasteiger charge is 2.37. The molecule has 0 aliphatic carbocycles. The van der Waals surface area contributed by atoms with E-state index in [1.54, 1.807) is 42.5 Å². The van der Waals surface area contributed by atoms with Crippen molar-refractivity contribution in [1.82, 2.24) is 0 Å². The van der Waals surface area contributed by atoms with Gasteiger partial charge in [-0.2, -0.15) is 0 Å². The summed E-state index contributed by atoms with van der Waals surface area (Å²) in [4.78, 5) is 38.5. The maximum atomic E-state index is 12.5. The van der Waals surface area contributed by atoms with Gasteiger partial charge in [0.25, 0.3) is 5.91 Å². The fourth-order valence-electron chi connectivity index (χ4n) is 3.36. The molecule has 2 amide bonds. The maximum absolute atomic E-state index is 12.5. The lowest BCUT2D eigenvalue weighted by Gasteiger charge is -2.20. The topological polar surface area (TPSA) is 103 Å². The molecule has 0 unspecified atom stereocenters. The van der Waals surface area contributed by atoms with Gasteiger partial charge in [-0.3, -0.25) is 14.4 Å². The predicted octanol–water partition coefficient (Wildman–Crippen LogP) is 2.64. The maximum Gasteiger partial charge on any atom is 0.311 e. The minimum Gasteiger partial charge on any atom is -0.497 e. The number of esters is 1. The lowest BCUT2D eigenvalue weighted by molar-refractivity contribution is -0.151. The molecule has 1 fully saturated rings. The molecule has 2 aromatic rings. The Kier molecular flexibility index (Phi) is 7.54. The van der Waals surface area contributed by atoms with Gasteiger partial charge in [0.15, 0.2) is 6.61 Å². The zero-order valence-corrected chi connectivity index (χ0v) is 18.3. The molecule has 170 valence electrons. The number of carbonyl (C=O) groups is 3. The van der Waals surface area contributed by atoms with E-state index in [1.165, 1.54) is 19.1 Å². The van der Waals surface area contributed by atoms with E-state index in [0.29, 0.717) is 35.2 Å². The lowest BCUT2D eigenvalue weighted by atomic mass is 10.1. The van der Waals surface area contributed by atoms with Crippen molar-refractivity contribution >= 4 is 29.2 Å². The highest BCUT2D eigenvalue weighted by atomic mass is 16.5. The van der Waals surface area contributed by atoms with E-state index >= 15 is 0 Å². The van der Waals surface area contributed by atoms with Gasteiger partial charge in [-0.15, -0.1) is 0 Å². The Hall–Kier alpha value is -3.75. The quantitative estimate of drug-likeness (QED) is 0.596. The van der Waals surface area contributed by atoms with Crippen LogP contribution < -0.4 is 24.4 Å². The zero-order chi connectivity index (χ0) is 23.1. The normalized spacial score (nSPS) is 15.3. The van der Waals surface area contributed by atoms with Gasteiger partial charge in [-0.05, 0) is 43.3 Å². The lowest BCUT2D eigenvalue weighted by Crippen LogP contribution is -2.28. The molecule has 1 N–H and O–H groups in total. The molecule has 0 saturated carbocycles. The fourth-order valence-corrected chi connectivity index (χ4v) is 3.36. The summed E-state index contributed by atoms with van der Waals surface area (Å²) >= 11 is 0. The smallest absolute Gasteiger partial charge is 0.311 e. The van der Waals surface area contributed by atoms with Crippen LogP contribution in [0.3, 0.4) is 0 Å². The third-order valence-corrected chi connectivity index (χ3v) is 4.93. The Morgan fingerprint density at radius 3 is 2.44 bits per heavy atom. The van der Waals surface area contributed by atoms with Gasteiger partial charge >= 0.3 is 5.97 Å². The van der Waals surface area contributed by atoms with Gasteiger partial charge in [0, 0.05) is 24.7 Å². The molecule has 0 aromatic heterocycles. The van der Waals surface area contributed by atoms with Crippen LogP contribution in [0.15, 0.2) is 42.5 Å². The predicted molar refractivity (Wildman–Crippen MR) is 117 cm³/mol. The zero-order valence-electron chi connectivity index (χ0n) is 18.3.